The first-order chi connectivity index (χ1) is 13.6. The molecule has 6 heteroatoms. The number of esters is 1. The van der Waals surface area contributed by atoms with Crippen LogP contribution in [0.2, 0.25) is 0 Å². The third-order valence-electron chi connectivity index (χ3n) is 3.89. The number of pyridine rings is 2. The second kappa shape index (κ2) is 9.36. The van der Waals surface area contributed by atoms with E-state index in [9.17, 15) is 9.59 Å². The summed E-state index contributed by atoms with van der Waals surface area (Å²) >= 11 is 2.30. The first-order valence-electron chi connectivity index (χ1n) is 8.65. The molecule has 0 N–H and O–H groups in total. The summed E-state index contributed by atoms with van der Waals surface area (Å²) in [5.74, 6) is -1.45. The molecule has 0 saturated heterocycles. The van der Waals surface area contributed by atoms with E-state index in [2.05, 4.69) is 55.5 Å². The van der Waals surface area contributed by atoms with Crippen LogP contribution in [0.3, 0.4) is 0 Å². The number of aromatic nitrogens is 2. The number of benzene rings is 2. The highest BCUT2D eigenvalue weighted by molar-refractivity contribution is 14.1. The molecule has 140 valence electrons. The van der Waals surface area contributed by atoms with E-state index in [-0.39, 0.29) is 6.61 Å². The summed E-state index contributed by atoms with van der Waals surface area (Å²) in [6.45, 7) is 1.86. The van der Waals surface area contributed by atoms with Crippen molar-refractivity contribution in [1.82, 2.24) is 9.97 Å². The lowest BCUT2D eigenvalue weighted by molar-refractivity contribution is -0.137. The Labute approximate surface area is 175 Å². The number of carbonyl (C=O) groups excluding carboxylic acids is 2. The van der Waals surface area contributed by atoms with Gasteiger partial charge in [-0.3, -0.25) is 14.8 Å². The topological polar surface area (TPSA) is 69.2 Å². The van der Waals surface area contributed by atoms with E-state index in [1.54, 1.807) is 37.4 Å². The van der Waals surface area contributed by atoms with E-state index in [0.717, 1.165) is 16.4 Å². The van der Waals surface area contributed by atoms with Crippen molar-refractivity contribution in [3.8, 4) is 0 Å². The van der Waals surface area contributed by atoms with Crippen molar-refractivity contribution < 1.29 is 14.3 Å². The molecule has 0 aliphatic heterocycles. The number of carbonyl (C=O) groups is 2. The summed E-state index contributed by atoms with van der Waals surface area (Å²) in [4.78, 5) is 31.3. The van der Waals surface area contributed by atoms with Crippen molar-refractivity contribution in [2.75, 3.05) is 6.61 Å². The predicted octanol–water partition coefficient (Wildman–Crippen LogP) is 4.82. The molecule has 0 spiro atoms. The largest absolute Gasteiger partial charge is 0.460 e. The highest BCUT2D eigenvalue weighted by atomic mass is 127. The van der Waals surface area contributed by atoms with Crippen molar-refractivity contribution in [3.63, 3.8) is 0 Å². The Morgan fingerprint density at radius 1 is 0.893 bits per heavy atom. The van der Waals surface area contributed by atoms with Crippen molar-refractivity contribution in [3.05, 3.63) is 82.2 Å². The van der Waals surface area contributed by atoms with Crippen LogP contribution in [-0.4, -0.2) is 28.3 Å². The predicted molar refractivity (Wildman–Crippen MR) is 117 cm³/mol. The molecule has 0 saturated carbocycles. The normalized spacial score (nSPS) is 10.2. The molecule has 2 aromatic heterocycles. The lowest BCUT2D eigenvalue weighted by atomic mass is 10.1. The Bertz CT molecular complexity index is 1140. The zero-order chi connectivity index (χ0) is 19.9. The van der Waals surface area contributed by atoms with Crippen molar-refractivity contribution in [2.45, 2.75) is 6.92 Å². The van der Waals surface area contributed by atoms with Gasteiger partial charge in [0.15, 0.2) is 0 Å². The third kappa shape index (κ3) is 4.89. The summed E-state index contributed by atoms with van der Waals surface area (Å²) in [7, 11) is 0. The standard InChI is InChI=1S/C13H11NO3.C9H6IN/c1-2-17-13(16)12(15)10-5-6-11-9(8-10)4-3-7-14-11;10-8-3-4-9-7(6-8)2-1-5-11-9/h3-8H,2H2,1H3;1-6H. The van der Waals surface area contributed by atoms with Crippen LogP contribution in [0.25, 0.3) is 21.8 Å². The Morgan fingerprint density at radius 3 is 2.14 bits per heavy atom. The fourth-order valence-electron chi connectivity index (χ4n) is 2.58. The molecule has 0 atom stereocenters. The van der Waals surface area contributed by atoms with Gasteiger partial charge in [-0.05, 0) is 78.0 Å². The minimum Gasteiger partial charge on any atom is -0.460 e. The van der Waals surface area contributed by atoms with Crippen molar-refractivity contribution in [2.24, 2.45) is 0 Å². The fraction of sp³-hybridized carbons (Fsp3) is 0.0909. The van der Waals surface area contributed by atoms with E-state index >= 15 is 0 Å². The third-order valence-corrected chi connectivity index (χ3v) is 4.56. The number of ether oxygens (including phenoxy) is 1. The lowest BCUT2D eigenvalue weighted by Gasteiger charge is -2.02. The second-order valence-electron chi connectivity index (χ2n) is 5.80. The summed E-state index contributed by atoms with van der Waals surface area (Å²) in [5, 5.41) is 2.03. The van der Waals surface area contributed by atoms with E-state index in [4.69, 9.17) is 0 Å². The van der Waals surface area contributed by atoms with Gasteiger partial charge in [0.2, 0.25) is 0 Å². The van der Waals surface area contributed by atoms with Gasteiger partial charge in [-0.2, -0.15) is 0 Å². The van der Waals surface area contributed by atoms with Gasteiger partial charge in [0.05, 0.1) is 17.6 Å². The maximum Gasteiger partial charge on any atom is 0.379 e. The lowest BCUT2D eigenvalue weighted by Crippen LogP contribution is -2.17. The number of hydrogen-bond donors (Lipinski definition) is 0. The minimum atomic E-state index is -0.823. The zero-order valence-electron chi connectivity index (χ0n) is 15.1. The van der Waals surface area contributed by atoms with Gasteiger partial charge in [0.25, 0.3) is 5.78 Å². The number of nitrogens with zero attached hydrogens (tertiary/aromatic N) is 2. The van der Waals surface area contributed by atoms with E-state index in [0.29, 0.717) is 5.56 Å². The average Bonchev–Trinajstić information content (AvgIpc) is 2.73. The average molecular weight is 484 g/mol. The zero-order valence-corrected chi connectivity index (χ0v) is 17.3. The molecule has 0 amide bonds. The molecule has 2 aromatic carbocycles. The quantitative estimate of drug-likeness (QED) is 0.181. The van der Waals surface area contributed by atoms with Crippen molar-refractivity contribution in [1.29, 1.82) is 0 Å². The summed E-state index contributed by atoms with van der Waals surface area (Å²) < 4.78 is 5.92. The summed E-state index contributed by atoms with van der Waals surface area (Å²) in [5.41, 5.74) is 2.17. The molecule has 5 nitrogen and oxygen atoms in total. The van der Waals surface area contributed by atoms with Gasteiger partial charge in [0, 0.05) is 32.3 Å². The molecule has 4 aromatic rings. The molecule has 0 bridgehead atoms. The Kier molecular flexibility index (Phi) is 6.65. The maximum atomic E-state index is 11.7. The number of Topliss-reactive ketones (excluding diaryl/α,β-unsaturated/α-hetero) is 1. The highest BCUT2D eigenvalue weighted by Crippen LogP contribution is 2.15. The number of rotatable bonds is 3. The molecule has 0 fully saturated rings. The number of halogens is 1. The molecular formula is C22H17IN2O3. The Hall–Kier alpha value is -2.87. The second-order valence-corrected chi connectivity index (χ2v) is 7.05. The van der Waals surface area contributed by atoms with Crippen LogP contribution >= 0.6 is 22.6 Å². The number of fused-ring (bicyclic) bond motifs is 2. The molecule has 0 unspecified atom stereocenters. The summed E-state index contributed by atoms with van der Waals surface area (Å²) in [6.07, 6.45) is 3.49. The van der Waals surface area contributed by atoms with Gasteiger partial charge in [-0.25, -0.2) is 4.79 Å². The Balaban J connectivity index is 0.000000176. The van der Waals surface area contributed by atoms with Crippen LogP contribution < -0.4 is 0 Å². The van der Waals surface area contributed by atoms with Crippen LogP contribution in [0, 0.1) is 3.57 Å². The molecule has 2 heterocycles. The van der Waals surface area contributed by atoms with Gasteiger partial charge in [-0.15, -0.1) is 0 Å². The summed E-state index contributed by atoms with van der Waals surface area (Å²) in [6, 6.07) is 18.8. The van der Waals surface area contributed by atoms with Gasteiger partial charge < -0.3 is 4.74 Å². The van der Waals surface area contributed by atoms with Crippen LogP contribution in [0.5, 0.6) is 0 Å². The fourth-order valence-corrected chi connectivity index (χ4v) is 3.09. The SMILES string of the molecule is CCOC(=O)C(=O)c1ccc2ncccc2c1.Ic1ccc2ncccc2c1. The molecule has 0 aliphatic rings. The molecule has 4 rings (SSSR count). The molecule has 0 radical (unpaired) electrons. The van der Waals surface area contributed by atoms with Crippen LogP contribution in [0.15, 0.2) is 73.1 Å². The van der Waals surface area contributed by atoms with Crippen LogP contribution in [-0.2, 0) is 9.53 Å². The van der Waals surface area contributed by atoms with Crippen molar-refractivity contribution >= 4 is 56.1 Å². The first kappa shape index (κ1) is 19.9. The van der Waals surface area contributed by atoms with E-state index in [1.807, 2.05) is 24.4 Å². The molecular weight excluding hydrogens is 467 g/mol. The van der Waals surface area contributed by atoms with E-state index in [1.165, 1.54) is 8.96 Å². The number of hydrogen-bond acceptors (Lipinski definition) is 5. The van der Waals surface area contributed by atoms with Crippen LogP contribution in [0.1, 0.15) is 17.3 Å². The number of ketones is 1. The first-order valence-corrected chi connectivity index (χ1v) is 9.73. The highest BCUT2D eigenvalue weighted by Gasteiger charge is 2.17. The molecule has 28 heavy (non-hydrogen) atoms. The minimum absolute atomic E-state index is 0.194. The van der Waals surface area contributed by atoms with E-state index < -0.39 is 11.8 Å². The van der Waals surface area contributed by atoms with Gasteiger partial charge in [-0.1, -0.05) is 12.1 Å². The van der Waals surface area contributed by atoms with Gasteiger partial charge in [0.1, 0.15) is 0 Å². The maximum absolute atomic E-state index is 11.7. The van der Waals surface area contributed by atoms with Crippen LogP contribution in [0.4, 0.5) is 0 Å². The van der Waals surface area contributed by atoms with Gasteiger partial charge >= 0.3 is 5.97 Å². The smallest absolute Gasteiger partial charge is 0.379 e. The monoisotopic (exact) mass is 484 g/mol. The Morgan fingerprint density at radius 2 is 1.50 bits per heavy atom. The molecule has 0 aliphatic carbocycles.